The fourth-order valence-corrected chi connectivity index (χ4v) is 1.82. The van der Waals surface area contributed by atoms with Gasteiger partial charge in [0.15, 0.2) is 0 Å². The van der Waals surface area contributed by atoms with E-state index in [2.05, 4.69) is 20.8 Å². The zero-order valence-electron chi connectivity index (χ0n) is 11.4. The van der Waals surface area contributed by atoms with Crippen molar-refractivity contribution in [2.45, 2.75) is 6.42 Å². The van der Waals surface area contributed by atoms with E-state index in [-0.39, 0.29) is 24.9 Å². The van der Waals surface area contributed by atoms with E-state index in [1.165, 1.54) is 0 Å². The van der Waals surface area contributed by atoms with E-state index in [0.717, 1.165) is 5.56 Å². The molecule has 0 saturated heterocycles. The lowest BCUT2D eigenvalue weighted by Crippen LogP contribution is -2.33. The number of halogens is 2. The number of carbonyl (C=O) groups is 1. The molecule has 0 radical (unpaired) electrons. The van der Waals surface area contributed by atoms with Crippen LogP contribution in [0.2, 0.25) is 5.02 Å². The third-order valence-electron chi connectivity index (χ3n) is 2.55. The molecule has 8 heteroatoms. The molecule has 1 aromatic carbocycles. The largest absolute Gasteiger partial charge is 0.354 e. The Morgan fingerprint density at radius 2 is 2.24 bits per heavy atom. The highest BCUT2D eigenvalue weighted by Gasteiger charge is 2.09. The number of nitrogens with zero attached hydrogens (tertiary/aromatic N) is 2. The van der Waals surface area contributed by atoms with E-state index in [1.54, 1.807) is 19.2 Å². The van der Waals surface area contributed by atoms with Crippen molar-refractivity contribution in [1.29, 1.82) is 0 Å². The van der Waals surface area contributed by atoms with Crippen molar-refractivity contribution >= 4 is 29.9 Å². The van der Waals surface area contributed by atoms with Crippen LogP contribution in [0.4, 0.5) is 0 Å². The number of likely N-dealkylation sites (N-methyl/N-ethyl adjacent to an activating group) is 1. The molecule has 1 aromatic heterocycles. The molecule has 1 amide bonds. The quantitative estimate of drug-likeness (QED) is 0.842. The van der Waals surface area contributed by atoms with Crippen molar-refractivity contribution < 1.29 is 9.32 Å². The van der Waals surface area contributed by atoms with Crippen LogP contribution in [0.1, 0.15) is 5.89 Å². The van der Waals surface area contributed by atoms with Crippen molar-refractivity contribution in [3.63, 3.8) is 0 Å². The molecule has 0 fully saturated rings. The van der Waals surface area contributed by atoms with E-state index in [9.17, 15) is 4.79 Å². The molecule has 0 bridgehead atoms. The Bertz CT molecular complexity index is 589. The van der Waals surface area contributed by atoms with Gasteiger partial charge in [-0.1, -0.05) is 28.9 Å². The molecule has 0 aliphatic heterocycles. The Morgan fingerprint density at radius 1 is 1.43 bits per heavy atom. The van der Waals surface area contributed by atoms with Gasteiger partial charge in [-0.25, -0.2) is 0 Å². The van der Waals surface area contributed by atoms with Crippen LogP contribution < -0.4 is 10.6 Å². The summed E-state index contributed by atoms with van der Waals surface area (Å²) >= 11 is 5.91. The van der Waals surface area contributed by atoms with Gasteiger partial charge in [-0.05, 0) is 19.2 Å². The minimum absolute atomic E-state index is 0. The summed E-state index contributed by atoms with van der Waals surface area (Å²) in [5.41, 5.74) is 0.798. The molecule has 0 spiro atoms. The molecule has 114 valence electrons. The zero-order valence-corrected chi connectivity index (χ0v) is 13.0. The summed E-state index contributed by atoms with van der Waals surface area (Å²) in [6.07, 6.45) is 0.489. The molecule has 0 aliphatic carbocycles. The topological polar surface area (TPSA) is 80.0 Å². The number of aromatic nitrogens is 2. The summed E-state index contributed by atoms with van der Waals surface area (Å²) in [4.78, 5) is 15.5. The van der Waals surface area contributed by atoms with Gasteiger partial charge in [-0.15, -0.1) is 12.4 Å². The van der Waals surface area contributed by atoms with Crippen molar-refractivity contribution in [1.82, 2.24) is 20.8 Å². The minimum atomic E-state index is -0.0675. The monoisotopic (exact) mass is 330 g/mol. The third kappa shape index (κ3) is 5.34. The normalized spacial score (nSPS) is 10.0. The molecule has 0 unspecified atom stereocenters. The van der Waals surface area contributed by atoms with Crippen molar-refractivity contribution in [2.24, 2.45) is 0 Å². The summed E-state index contributed by atoms with van der Waals surface area (Å²) in [5, 5.41) is 10.0. The van der Waals surface area contributed by atoms with E-state index < -0.39 is 0 Å². The van der Waals surface area contributed by atoms with Crippen molar-refractivity contribution in [2.75, 3.05) is 20.1 Å². The average molecular weight is 331 g/mol. The molecule has 0 aliphatic rings. The Kier molecular flexibility index (Phi) is 7.14. The number of rotatable bonds is 6. The molecule has 1 heterocycles. The maximum Gasteiger partial charge on any atom is 0.233 e. The second-order valence-corrected chi connectivity index (χ2v) is 4.59. The number of carbonyl (C=O) groups excluding carboxylic acids is 1. The van der Waals surface area contributed by atoms with E-state index in [0.29, 0.717) is 29.7 Å². The first-order chi connectivity index (χ1) is 9.69. The molecule has 2 rings (SSSR count). The summed E-state index contributed by atoms with van der Waals surface area (Å²) in [7, 11) is 1.72. The van der Waals surface area contributed by atoms with E-state index in [4.69, 9.17) is 16.1 Å². The first-order valence-corrected chi connectivity index (χ1v) is 6.56. The van der Waals surface area contributed by atoms with Gasteiger partial charge in [0.05, 0.1) is 6.54 Å². The van der Waals surface area contributed by atoms with Gasteiger partial charge in [-0.3, -0.25) is 4.79 Å². The molecule has 6 nitrogen and oxygen atoms in total. The first-order valence-electron chi connectivity index (χ1n) is 6.19. The molecule has 2 aromatic rings. The maximum absolute atomic E-state index is 11.2. The van der Waals surface area contributed by atoms with Crippen LogP contribution in [0.15, 0.2) is 28.8 Å². The Labute approximate surface area is 133 Å². The third-order valence-corrected chi connectivity index (χ3v) is 2.78. The van der Waals surface area contributed by atoms with Crippen LogP contribution in [0.5, 0.6) is 0 Å². The summed E-state index contributed by atoms with van der Waals surface area (Å²) < 4.78 is 5.13. The van der Waals surface area contributed by atoms with E-state index >= 15 is 0 Å². The molecule has 0 atom stereocenters. The number of benzene rings is 1. The molecule has 0 saturated carbocycles. The van der Waals surface area contributed by atoms with Gasteiger partial charge in [0, 0.05) is 23.6 Å². The maximum atomic E-state index is 11.2. The van der Waals surface area contributed by atoms with Crippen LogP contribution >= 0.6 is 24.0 Å². The fourth-order valence-electron chi connectivity index (χ4n) is 1.63. The van der Waals surface area contributed by atoms with Gasteiger partial charge in [0.1, 0.15) is 0 Å². The lowest BCUT2D eigenvalue weighted by Gasteiger charge is -2.01. The van der Waals surface area contributed by atoms with Crippen LogP contribution in [0, 0.1) is 0 Å². The highest BCUT2D eigenvalue weighted by molar-refractivity contribution is 6.30. The smallest absolute Gasteiger partial charge is 0.233 e. The molecular formula is C13H16Cl2N4O2. The summed E-state index contributed by atoms with van der Waals surface area (Å²) in [6.45, 7) is 0.745. The van der Waals surface area contributed by atoms with Crippen molar-refractivity contribution in [3.8, 4) is 11.4 Å². The van der Waals surface area contributed by atoms with Crippen LogP contribution in [0.3, 0.4) is 0 Å². The van der Waals surface area contributed by atoms with E-state index in [1.807, 2.05) is 12.1 Å². The predicted molar refractivity (Wildman–Crippen MR) is 82.6 cm³/mol. The number of hydrogen-bond acceptors (Lipinski definition) is 5. The lowest BCUT2D eigenvalue weighted by molar-refractivity contribution is -0.120. The minimum Gasteiger partial charge on any atom is -0.354 e. The highest BCUT2D eigenvalue weighted by atomic mass is 35.5. The number of nitrogens with one attached hydrogen (secondary N) is 2. The van der Waals surface area contributed by atoms with Gasteiger partial charge in [-0.2, -0.15) is 4.98 Å². The van der Waals surface area contributed by atoms with Crippen LogP contribution in [0.25, 0.3) is 11.4 Å². The van der Waals surface area contributed by atoms with Gasteiger partial charge in [0.25, 0.3) is 0 Å². The SMILES string of the molecule is CNCC(=O)NCCc1nc(-c2cccc(Cl)c2)no1.Cl. The van der Waals surface area contributed by atoms with Crippen molar-refractivity contribution in [3.05, 3.63) is 35.2 Å². The highest BCUT2D eigenvalue weighted by Crippen LogP contribution is 2.19. The second-order valence-electron chi connectivity index (χ2n) is 4.15. The van der Waals surface area contributed by atoms with Gasteiger partial charge < -0.3 is 15.2 Å². The predicted octanol–water partition coefficient (Wildman–Crippen LogP) is 1.69. The van der Waals surface area contributed by atoms with Crippen LogP contribution in [-0.4, -0.2) is 36.2 Å². The first kappa shape index (κ1) is 17.4. The zero-order chi connectivity index (χ0) is 14.4. The Balaban J connectivity index is 0.00000220. The number of hydrogen-bond donors (Lipinski definition) is 2. The lowest BCUT2D eigenvalue weighted by atomic mass is 10.2. The molecule has 21 heavy (non-hydrogen) atoms. The Morgan fingerprint density at radius 3 is 2.95 bits per heavy atom. The average Bonchev–Trinajstić information content (AvgIpc) is 2.88. The van der Waals surface area contributed by atoms with Crippen LogP contribution in [-0.2, 0) is 11.2 Å². The summed E-state index contributed by atoms with van der Waals surface area (Å²) in [5.74, 6) is 0.899. The molecular weight excluding hydrogens is 315 g/mol. The van der Waals surface area contributed by atoms with Gasteiger partial charge >= 0.3 is 0 Å². The Hall–Kier alpha value is -1.63. The second kappa shape index (κ2) is 8.61. The summed E-state index contributed by atoms with van der Waals surface area (Å²) in [6, 6.07) is 7.23. The standard InChI is InChI=1S/C13H15ClN4O2.ClH/c1-15-8-11(19)16-6-5-12-17-13(18-20-12)9-3-2-4-10(14)7-9;/h2-4,7,15H,5-6,8H2,1H3,(H,16,19);1H. The number of amides is 1. The van der Waals surface area contributed by atoms with Gasteiger partial charge in [0.2, 0.25) is 17.6 Å². The fraction of sp³-hybridized carbons (Fsp3) is 0.308. The molecule has 2 N–H and O–H groups in total.